The number of aliphatic hydroxyl groups is 4. The second-order valence-corrected chi connectivity index (χ2v) is 5.51. The van der Waals surface area contributed by atoms with Crippen molar-refractivity contribution in [2.24, 2.45) is 0 Å². The molecule has 0 aliphatic carbocycles. The van der Waals surface area contributed by atoms with Gasteiger partial charge >= 0.3 is 0 Å². The van der Waals surface area contributed by atoms with Crippen LogP contribution in [0.5, 0.6) is 5.75 Å². The fourth-order valence-corrected chi connectivity index (χ4v) is 2.17. The molecule has 1 aromatic carbocycles. The van der Waals surface area contributed by atoms with Gasteiger partial charge in [0.05, 0.1) is 6.61 Å². The molecule has 0 radical (unpaired) electrons. The average Bonchev–Trinajstić information content (AvgIpc) is 2.42. The van der Waals surface area contributed by atoms with E-state index in [9.17, 15) is 15.3 Å². The van der Waals surface area contributed by atoms with Crippen molar-refractivity contribution < 1.29 is 29.9 Å². The van der Waals surface area contributed by atoms with E-state index in [-0.39, 0.29) is 0 Å². The standard InChI is InChI=1S/C12H15IO6/c13-6-1-3-7(4-2-6)18-12-11(17)10(16)9(15)8(5-14)19-12/h1-4,8-12,14-17H,5H2/t8-,9-,10+,11-,12?/m1/s1. The molecule has 106 valence electrons. The fraction of sp³-hybridized carbons (Fsp3) is 0.500. The molecular formula is C12H15IO6. The zero-order valence-corrected chi connectivity index (χ0v) is 12.0. The topological polar surface area (TPSA) is 99.4 Å². The summed E-state index contributed by atoms with van der Waals surface area (Å²) in [6, 6.07) is 7.03. The lowest BCUT2D eigenvalue weighted by molar-refractivity contribution is -0.277. The van der Waals surface area contributed by atoms with E-state index in [1.165, 1.54) is 0 Å². The Hall–Kier alpha value is -0.450. The van der Waals surface area contributed by atoms with Crippen LogP contribution in [0.15, 0.2) is 24.3 Å². The van der Waals surface area contributed by atoms with E-state index >= 15 is 0 Å². The zero-order valence-electron chi connectivity index (χ0n) is 9.89. The van der Waals surface area contributed by atoms with Crippen LogP contribution in [0.3, 0.4) is 0 Å². The van der Waals surface area contributed by atoms with Crippen LogP contribution in [0.4, 0.5) is 0 Å². The van der Waals surface area contributed by atoms with E-state index in [1.54, 1.807) is 12.1 Å². The van der Waals surface area contributed by atoms with Crippen LogP contribution in [0.25, 0.3) is 0 Å². The predicted molar refractivity (Wildman–Crippen MR) is 73.6 cm³/mol. The molecule has 1 aromatic rings. The van der Waals surface area contributed by atoms with E-state index in [4.69, 9.17) is 14.6 Å². The Morgan fingerprint density at radius 1 is 1.05 bits per heavy atom. The summed E-state index contributed by atoms with van der Waals surface area (Å²) in [5, 5.41) is 38.1. The van der Waals surface area contributed by atoms with Gasteiger partial charge in [-0.25, -0.2) is 0 Å². The number of rotatable bonds is 3. The molecule has 1 unspecified atom stereocenters. The number of aliphatic hydroxyl groups excluding tert-OH is 4. The number of hydrogen-bond donors (Lipinski definition) is 4. The minimum Gasteiger partial charge on any atom is -0.462 e. The molecule has 2 rings (SSSR count). The van der Waals surface area contributed by atoms with Gasteiger partial charge in [-0.3, -0.25) is 0 Å². The molecule has 1 saturated heterocycles. The Bertz CT molecular complexity index is 409. The lowest BCUT2D eigenvalue weighted by Crippen LogP contribution is -2.60. The van der Waals surface area contributed by atoms with Gasteiger partial charge in [0.15, 0.2) is 0 Å². The molecule has 0 amide bonds. The largest absolute Gasteiger partial charge is 0.462 e. The lowest BCUT2D eigenvalue weighted by atomic mass is 9.99. The first-order valence-corrected chi connectivity index (χ1v) is 6.83. The summed E-state index contributed by atoms with van der Waals surface area (Å²) in [5.74, 6) is 0.463. The van der Waals surface area contributed by atoms with Gasteiger partial charge in [-0.15, -0.1) is 0 Å². The van der Waals surface area contributed by atoms with Crippen molar-refractivity contribution in [3.63, 3.8) is 0 Å². The van der Waals surface area contributed by atoms with Crippen molar-refractivity contribution in [1.29, 1.82) is 0 Å². The summed E-state index contributed by atoms with van der Waals surface area (Å²) in [6.07, 6.45) is -6.31. The van der Waals surface area contributed by atoms with E-state index in [0.717, 1.165) is 3.57 Å². The molecule has 1 heterocycles. The number of hydrogen-bond acceptors (Lipinski definition) is 6. The molecule has 0 spiro atoms. The highest BCUT2D eigenvalue weighted by Gasteiger charge is 2.44. The zero-order chi connectivity index (χ0) is 14.0. The van der Waals surface area contributed by atoms with Crippen molar-refractivity contribution in [3.05, 3.63) is 27.8 Å². The molecule has 0 bridgehead atoms. The van der Waals surface area contributed by atoms with Crippen LogP contribution in [0, 0.1) is 3.57 Å². The maximum absolute atomic E-state index is 9.79. The molecule has 0 saturated carbocycles. The second-order valence-electron chi connectivity index (χ2n) is 4.27. The third kappa shape index (κ3) is 3.36. The number of ether oxygens (including phenoxy) is 2. The highest BCUT2D eigenvalue weighted by Crippen LogP contribution is 2.24. The highest BCUT2D eigenvalue weighted by atomic mass is 127. The first-order valence-electron chi connectivity index (χ1n) is 5.75. The van der Waals surface area contributed by atoms with E-state index in [0.29, 0.717) is 5.75 Å². The average molecular weight is 382 g/mol. The Morgan fingerprint density at radius 3 is 2.26 bits per heavy atom. The van der Waals surface area contributed by atoms with Crippen LogP contribution in [-0.4, -0.2) is 57.7 Å². The summed E-state index contributed by atoms with van der Waals surface area (Å²) < 4.78 is 11.7. The highest BCUT2D eigenvalue weighted by molar-refractivity contribution is 14.1. The second kappa shape index (κ2) is 6.33. The minimum atomic E-state index is -1.43. The van der Waals surface area contributed by atoms with Crippen LogP contribution < -0.4 is 4.74 Å². The Labute approximate surface area is 123 Å². The van der Waals surface area contributed by atoms with Gasteiger partial charge in [0, 0.05) is 3.57 Å². The van der Waals surface area contributed by atoms with E-state index in [2.05, 4.69) is 22.6 Å². The maximum Gasteiger partial charge on any atom is 0.229 e. The monoisotopic (exact) mass is 382 g/mol. The summed E-state index contributed by atoms with van der Waals surface area (Å²) in [5.41, 5.74) is 0. The van der Waals surface area contributed by atoms with E-state index in [1.807, 2.05) is 12.1 Å². The van der Waals surface area contributed by atoms with Gasteiger partial charge in [0.1, 0.15) is 30.2 Å². The van der Waals surface area contributed by atoms with Gasteiger partial charge in [-0.05, 0) is 46.9 Å². The van der Waals surface area contributed by atoms with Crippen LogP contribution >= 0.6 is 22.6 Å². The molecule has 5 atom stereocenters. The maximum atomic E-state index is 9.79. The van der Waals surface area contributed by atoms with Gasteiger partial charge in [-0.2, -0.15) is 0 Å². The van der Waals surface area contributed by atoms with Gasteiger partial charge in [-0.1, -0.05) is 0 Å². The van der Waals surface area contributed by atoms with Crippen LogP contribution in [0.2, 0.25) is 0 Å². The summed E-state index contributed by atoms with van der Waals surface area (Å²) in [7, 11) is 0. The van der Waals surface area contributed by atoms with E-state index < -0.39 is 37.3 Å². The molecule has 1 aliphatic heterocycles. The first-order chi connectivity index (χ1) is 9.02. The van der Waals surface area contributed by atoms with Crippen molar-refractivity contribution in [1.82, 2.24) is 0 Å². The molecule has 19 heavy (non-hydrogen) atoms. The van der Waals surface area contributed by atoms with Crippen LogP contribution in [-0.2, 0) is 4.74 Å². The van der Waals surface area contributed by atoms with Crippen LogP contribution in [0.1, 0.15) is 0 Å². The van der Waals surface area contributed by atoms with Crippen molar-refractivity contribution >= 4 is 22.6 Å². The Kier molecular flexibility index (Phi) is 4.98. The Balaban J connectivity index is 2.08. The summed E-state index contributed by atoms with van der Waals surface area (Å²) in [4.78, 5) is 0. The van der Waals surface area contributed by atoms with Crippen molar-refractivity contribution in [2.75, 3.05) is 6.61 Å². The molecular weight excluding hydrogens is 367 g/mol. The lowest BCUT2D eigenvalue weighted by Gasteiger charge is -2.39. The van der Waals surface area contributed by atoms with Crippen molar-refractivity contribution in [3.8, 4) is 5.75 Å². The van der Waals surface area contributed by atoms with Gasteiger partial charge < -0.3 is 29.9 Å². The van der Waals surface area contributed by atoms with Gasteiger partial charge in [0.2, 0.25) is 6.29 Å². The SMILES string of the molecule is OC[C@H]1OC(Oc2ccc(I)cc2)[C@H](O)[C@@H](O)[C@@H]1O. The molecule has 1 aliphatic rings. The fourth-order valence-electron chi connectivity index (χ4n) is 1.81. The van der Waals surface area contributed by atoms with Crippen molar-refractivity contribution in [2.45, 2.75) is 30.7 Å². The normalized spacial score (nSPS) is 35.1. The molecule has 4 N–H and O–H groups in total. The smallest absolute Gasteiger partial charge is 0.229 e. The Morgan fingerprint density at radius 2 is 1.68 bits per heavy atom. The third-order valence-electron chi connectivity index (χ3n) is 2.91. The number of halogens is 1. The van der Waals surface area contributed by atoms with Gasteiger partial charge in [0.25, 0.3) is 0 Å². The molecule has 6 nitrogen and oxygen atoms in total. The third-order valence-corrected chi connectivity index (χ3v) is 3.63. The predicted octanol–water partition coefficient (Wildman–Crippen LogP) is -0.530. The summed E-state index contributed by atoms with van der Waals surface area (Å²) >= 11 is 2.14. The minimum absolute atomic E-state index is 0.463. The number of benzene rings is 1. The first kappa shape index (κ1) is 14.9. The molecule has 1 fully saturated rings. The summed E-state index contributed by atoms with van der Waals surface area (Å²) in [6.45, 7) is -0.475. The quantitative estimate of drug-likeness (QED) is 0.525. The molecule has 7 heteroatoms. The molecule has 0 aromatic heterocycles.